The maximum atomic E-state index is 5.11. The van der Waals surface area contributed by atoms with E-state index >= 15 is 0 Å². The van der Waals surface area contributed by atoms with Crippen molar-refractivity contribution in [1.29, 1.82) is 0 Å². The molecule has 0 aliphatic heterocycles. The molecule has 96 valence electrons. The van der Waals surface area contributed by atoms with E-state index in [0.29, 0.717) is 6.04 Å². The van der Waals surface area contributed by atoms with Crippen LogP contribution in [0.1, 0.15) is 32.6 Å². The van der Waals surface area contributed by atoms with Gasteiger partial charge in [0.15, 0.2) is 0 Å². The number of ether oxygens (including phenoxy) is 1. The molecule has 3 nitrogen and oxygen atoms in total. The van der Waals surface area contributed by atoms with Gasteiger partial charge in [-0.3, -0.25) is 0 Å². The Morgan fingerprint density at radius 3 is 2.69 bits per heavy atom. The highest BCUT2D eigenvalue weighted by Crippen LogP contribution is 2.30. The second-order valence-electron chi connectivity index (χ2n) is 5.04. The summed E-state index contributed by atoms with van der Waals surface area (Å²) >= 11 is 0. The van der Waals surface area contributed by atoms with E-state index in [2.05, 4.69) is 24.2 Å². The van der Waals surface area contributed by atoms with Gasteiger partial charge in [-0.05, 0) is 25.9 Å². The van der Waals surface area contributed by atoms with E-state index in [1.807, 2.05) is 0 Å². The van der Waals surface area contributed by atoms with Crippen molar-refractivity contribution in [2.24, 2.45) is 5.92 Å². The second kappa shape index (κ2) is 8.04. The molecule has 0 heterocycles. The van der Waals surface area contributed by atoms with Gasteiger partial charge in [-0.1, -0.05) is 26.2 Å². The lowest BCUT2D eigenvalue weighted by Gasteiger charge is -2.32. The molecule has 1 aliphatic carbocycles. The van der Waals surface area contributed by atoms with E-state index in [1.54, 1.807) is 7.11 Å². The van der Waals surface area contributed by atoms with Crippen LogP contribution in [0.25, 0.3) is 0 Å². The Hall–Kier alpha value is -0.120. The quantitative estimate of drug-likeness (QED) is 0.650. The fourth-order valence-electron chi connectivity index (χ4n) is 2.36. The number of nitrogens with one attached hydrogen (secondary N) is 1. The zero-order valence-electron chi connectivity index (χ0n) is 11.2. The zero-order chi connectivity index (χ0) is 11.8. The normalized spacial score (nSPS) is 18.8. The lowest BCUT2D eigenvalue weighted by Crippen LogP contribution is -2.42. The first-order chi connectivity index (χ1) is 7.76. The standard InChI is InChI=1S/C13H28N2O/c1-4-14-13(10-12-6-5-7-12)11-15(2)8-9-16-3/h12-14H,4-11H2,1-3H3/t13-/m0/s1. The molecule has 3 heteroatoms. The average Bonchev–Trinajstić information content (AvgIpc) is 2.20. The molecule has 1 fully saturated rings. The van der Waals surface area contributed by atoms with E-state index in [9.17, 15) is 0 Å². The number of rotatable bonds is 9. The topological polar surface area (TPSA) is 24.5 Å². The lowest BCUT2D eigenvalue weighted by molar-refractivity contribution is 0.149. The smallest absolute Gasteiger partial charge is 0.0589 e. The van der Waals surface area contributed by atoms with Crippen LogP contribution in [0.4, 0.5) is 0 Å². The van der Waals surface area contributed by atoms with E-state index in [1.165, 1.54) is 25.7 Å². The fraction of sp³-hybridized carbons (Fsp3) is 1.00. The van der Waals surface area contributed by atoms with Crippen LogP contribution < -0.4 is 5.32 Å². The third kappa shape index (κ3) is 5.28. The van der Waals surface area contributed by atoms with Crippen LogP contribution in [0.2, 0.25) is 0 Å². The van der Waals surface area contributed by atoms with Crippen molar-refractivity contribution in [3.8, 4) is 0 Å². The number of hydrogen-bond donors (Lipinski definition) is 1. The molecule has 16 heavy (non-hydrogen) atoms. The van der Waals surface area contributed by atoms with E-state index in [0.717, 1.165) is 32.2 Å². The third-order valence-electron chi connectivity index (χ3n) is 3.54. The Balaban J connectivity index is 2.19. The van der Waals surface area contributed by atoms with Gasteiger partial charge in [-0.25, -0.2) is 0 Å². The van der Waals surface area contributed by atoms with Gasteiger partial charge in [0.25, 0.3) is 0 Å². The van der Waals surface area contributed by atoms with Crippen molar-refractivity contribution in [3.63, 3.8) is 0 Å². The van der Waals surface area contributed by atoms with Crippen LogP contribution in [-0.2, 0) is 4.74 Å². The largest absolute Gasteiger partial charge is 0.383 e. The van der Waals surface area contributed by atoms with Crippen molar-refractivity contribution >= 4 is 0 Å². The third-order valence-corrected chi connectivity index (χ3v) is 3.54. The molecule has 0 spiro atoms. The first-order valence-electron chi connectivity index (χ1n) is 6.67. The van der Waals surface area contributed by atoms with Gasteiger partial charge in [-0.2, -0.15) is 0 Å². The van der Waals surface area contributed by atoms with Gasteiger partial charge in [0.2, 0.25) is 0 Å². The molecular formula is C13H28N2O. The number of likely N-dealkylation sites (N-methyl/N-ethyl adjacent to an activating group) is 2. The van der Waals surface area contributed by atoms with Crippen molar-refractivity contribution in [3.05, 3.63) is 0 Å². The molecule has 0 unspecified atom stereocenters. The van der Waals surface area contributed by atoms with Gasteiger partial charge < -0.3 is 15.0 Å². The molecule has 0 amide bonds. The predicted octanol–water partition coefficient (Wildman–Crippen LogP) is 1.73. The van der Waals surface area contributed by atoms with Crippen molar-refractivity contribution < 1.29 is 4.74 Å². The molecule has 1 saturated carbocycles. The predicted molar refractivity (Wildman–Crippen MR) is 68.8 cm³/mol. The summed E-state index contributed by atoms with van der Waals surface area (Å²) < 4.78 is 5.11. The summed E-state index contributed by atoms with van der Waals surface area (Å²) in [5.41, 5.74) is 0. The van der Waals surface area contributed by atoms with Crippen LogP contribution in [0.15, 0.2) is 0 Å². The molecule has 0 aromatic carbocycles. The molecule has 1 rings (SSSR count). The maximum Gasteiger partial charge on any atom is 0.0589 e. The molecule has 0 aromatic rings. The van der Waals surface area contributed by atoms with Crippen LogP contribution >= 0.6 is 0 Å². The molecule has 0 aromatic heterocycles. The monoisotopic (exact) mass is 228 g/mol. The van der Waals surface area contributed by atoms with Crippen molar-refractivity contribution in [1.82, 2.24) is 10.2 Å². The minimum absolute atomic E-state index is 0.664. The summed E-state index contributed by atoms with van der Waals surface area (Å²) in [5.74, 6) is 0.986. The van der Waals surface area contributed by atoms with Crippen molar-refractivity contribution in [2.75, 3.05) is 40.4 Å². The SMILES string of the molecule is CCN[C@@H](CC1CCC1)CN(C)CCOC. The van der Waals surface area contributed by atoms with Crippen LogP contribution in [0.5, 0.6) is 0 Å². The molecule has 0 bridgehead atoms. The number of nitrogens with zero attached hydrogens (tertiary/aromatic N) is 1. The Morgan fingerprint density at radius 2 is 2.19 bits per heavy atom. The molecule has 0 saturated heterocycles. The minimum Gasteiger partial charge on any atom is -0.383 e. The van der Waals surface area contributed by atoms with Gasteiger partial charge in [0.1, 0.15) is 0 Å². The number of methoxy groups -OCH3 is 1. The highest BCUT2D eigenvalue weighted by molar-refractivity contribution is 4.79. The van der Waals surface area contributed by atoms with E-state index in [-0.39, 0.29) is 0 Å². The number of hydrogen-bond acceptors (Lipinski definition) is 3. The van der Waals surface area contributed by atoms with Crippen molar-refractivity contribution in [2.45, 2.75) is 38.6 Å². The Morgan fingerprint density at radius 1 is 1.44 bits per heavy atom. The lowest BCUT2D eigenvalue weighted by atomic mass is 9.81. The first kappa shape index (κ1) is 13.9. The van der Waals surface area contributed by atoms with Crippen LogP contribution in [0.3, 0.4) is 0 Å². The molecular weight excluding hydrogens is 200 g/mol. The van der Waals surface area contributed by atoms with Crippen LogP contribution in [-0.4, -0.2) is 51.3 Å². The average molecular weight is 228 g/mol. The van der Waals surface area contributed by atoms with Gasteiger partial charge >= 0.3 is 0 Å². The Kier molecular flexibility index (Phi) is 7.01. The van der Waals surface area contributed by atoms with Gasteiger partial charge in [0, 0.05) is 26.2 Å². The summed E-state index contributed by atoms with van der Waals surface area (Å²) in [6, 6.07) is 0.664. The van der Waals surface area contributed by atoms with Gasteiger partial charge in [0.05, 0.1) is 6.61 Å². The van der Waals surface area contributed by atoms with E-state index in [4.69, 9.17) is 4.74 Å². The fourth-order valence-corrected chi connectivity index (χ4v) is 2.36. The Labute approximate surface area is 101 Å². The second-order valence-corrected chi connectivity index (χ2v) is 5.04. The highest BCUT2D eigenvalue weighted by atomic mass is 16.5. The molecule has 1 aliphatic rings. The Bertz CT molecular complexity index is 171. The van der Waals surface area contributed by atoms with Crippen LogP contribution in [0, 0.1) is 5.92 Å². The first-order valence-corrected chi connectivity index (χ1v) is 6.67. The molecule has 1 N–H and O–H groups in total. The zero-order valence-corrected chi connectivity index (χ0v) is 11.2. The minimum atomic E-state index is 0.664. The highest BCUT2D eigenvalue weighted by Gasteiger charge is 2.22. The maximum absolute atomic E-state index is 5.11. The summed E-state index contributed by atoms with van der Waals surface area (Å²) in [6.45, 7) is 6.29. The summed E-state index contributed by atoms with van der Waals surface area (Å²) in [5, 5.41) is 3.61. The summed E-state index contributed by atoms with van der Waals surface area (Å²) in [4.78, 5) is 2.37. The van der Waals surface area contributed by atoms with Gasteiger partial charge in [-0.15, -0.1) is 0 Å². The molecule has 0 radical (unpaired) electrons. The molecule has 1 atom stereocenters. The van der Waals surface area contributed by atoms with E-state index < -0.39 is 0 Å². The summed E-state index contributed by atoms with van der Waals surface area (Å²) in [7, 11) is 3.95. The summed E-state index contributed by atoms with van der Waals surface area (Å²) in [6.07, 6.45) is 5.70.